The van der Waals surface area contributed by atoms with Crippen molar-refractivity contribution in [2.75, 3.05) is 0 Å². The Kier molecular flexibility index (Phi) is 3.35. The lowest BCUT2D eigenvalue weighted by molar-refractivity contribution is 0.277. The Morgan fingerprint density at radius 1 is 1.25 bits per heavy atom. The van der Waals surface area contributed by atoms with E-state index in [9.17, 15) is 5.11 Å². The molecule has 0 amide bonds. The van der Waals surface area contributed by atoms with Crippen LogP contribution in [0.1, 0.15) is 31.4 Å². The van der Waals surface area contributed by atoms with Crippen LogP contribution >= 0.6 is 0 Å². The van der Waals surface area contributed by atoms with Crippen LogP contribution in [0.15, 0.2) is 30.6 Å². The van der Waals surface area contributed by atoms with E-state index in [0.717, 1.165) is 39.1 Å². The van der Waals surface area contributed by atoms with E-state index in [1.807, 2.05) is 31.5 Å². The summed E-state index contributed by atoms with van der Waals surface area (Å²) >= 11 is 0. The molecule has 0 saturated heterocycles. The number of hydrogen-bond acceptors (Lipinski definition) is 4. The van der Waals surface area contributed by atoms with E-state index in [1.54, 1.807) is 0 Å². The summed E-state index contributed by atoms with van der Waals surface area (Å²) in [4.78, 5) is 16.7. The van der Waals surface area contributed by atoms with E-state index >= 15 is 0 Å². The number of aromatic nitrogens is 5. The molecule has 6 nitrogen and oxygen atoms in total. The molecule has 4 rings (SSSR count). The number of rotatable bonds is 3. The van der Waals surface area contributed by atoms with Gasteiger partial charge in [-0.25, -0.2) is 15.0 Å². The molecule has 4 aromatic heterocycles. The summed E-state index contributed by atoms with van der Waals surface area (Å²) in [5.74, 6) is 0.970. The van der Waals surface area contributed by atoms with Gasteiger partial charge in [0, 0.05) is 34.9 Å². The van der Waals surface area contributed by atoms with Gasteiger partial charge in [-0.2, -0.15) is 0 Å². The molecule has 0 aliphatic heterocycles. The molecular formula is C18H19N5O. The maximum Gasteiger partial charge on any atom is 0.177 e. The van der Waals surface area contributed by atoms with Crippen molar-refractivity contribution in [2.45, 2.75) is 33.4 Å². The van der Waals surface area contributed by atoms with Crippen LogP contribution in [0.4, 0.5) is 0 Å². The van der Waals surface area contributed by atoms with Crippen LogP contribution in [0.2, 0.25) is 0 Å². The Morgan fingerprint density at radius 3 is 2.83 bits per heavy atom. The molecule has 0 aliphatic carbocycles. The predicted molar refractivity (Wildman–Crippen MR) is 93.7 cm³/mol. The minimum absolute atomic E-state index is 0.0648. The number of imidazole rings is 1. The Hall–Kier alpha value is -2.73. The van der Waals surface area contributed by atoms with Gasteiger partial charge in [-0.1, -0.05) is 0 Å². The number of aryl methyl sites for hydroxylation is 1. The van der Waals surface area contributed by atoms with Gasteiger partial charge >= 0.3 is 0 Å². The molecule has 2 N–H and O–H groups in total. The van der Waals surface area contributed by atoms with Gasteiger partial charge in [0.25, 0.3) is 0 Å². The van der Waals surface area contributed by atoms with Crippen LogP contribution in [0.3, 0.4) is 0 Å². The van der Waals surface area contributed by atoms with Crippen molar-refractivity contribution in [1.82, 2.24) is 24.5 Å². The van der Waals surface area contributed by atoms with Crippen molar-refractivity contribution in [2.24, 2.45) is 0 Å². The van der Waals surface area contributed by atoms with E-state index in [-0.39, 0.29) is 6.61 Å². The number of pyridine rings is 2. The first-order chi connectivity index (χ1) is 11.6. The van der Waals surface area contributed by atoms with Crippen LogP contribution in [0.25, 0.3) is 33.3 Å². The molecule has 0 bridgehead atoms. The van der Waals surface area contributed by atoms with E-state index in [4.69, 9.17) is 0 Å². The first kappa shape index (κ1) is 14.8. The predicted octanol–water partition coefficient (Wildman–Crippen LogP) is 3.36. The van der Waals surface area contributed by atoms with E-state index < -0.39 is 0 Å². The summed E-state index contributed by atoms with van der Waals surface area (Å²) in [5, 5.41) is 10.2. The smallest absolute Gasteiger partial charge is 0.177 e. The molecule has 0 atom stereocenters. The zero-order chi connectivity index (χ0) is 16.8. The van der Waals surface area contributed by atoms with Gasteiger partial charge < -0.3 is 14.7 Å². The second-order valence-electron chi connectivity index (χ2n) is 6.25. The average Bonchev–Trinajstić information content (AvgIpc) is 3.13. The molecule has 4 heterocycles. The lowest BCUT2D eigenvalue weighted by Gasteiger charge is -2.10. The van der Waals surface area contributed by atoms with Crippen LogP contribution in [0.5, 0.6) is 0 Å². The fourth-order valence-corrected chi connectivity index (χ4v) is 3.26. The second-order valence-corrected chi connectivity index (χ2v) is 6.25. The third-order valence-electron chi connectivity index (χ3n) is 4.31. The van der Waals surface area contributed by atoms with Crippen molar-refractivity contribution in [3.05, 3.63) is 42.1 Å². The molecule has 0 unspecified atom stereocenters. The van der Waals surface area contributed by atoms with Gasteiger partial charge in [0.05, 0.1) is 17.8 Å². The maximum atomic E-state index is 9.23. The monoisotopic (exact) mass is 321 g/mol. The fraction of sp³-hybridized carbons (Fsp3) is 0.278. The number of nitrogens with zero attached hydrogens (tertiary/aromatic N) is 4. The van der Waals surface area contributed by atoms with Crippen LogP contribution in [-0.4, -0.2) is 29.6 Å². The van der Waals surface area contributed by atoms with Crippen molar-refractivity contribution < 1.29 is 5.11 Å². The molecule has 0 fully saturated rings. The lowest BCUT2D eigenvalue weighted by Crippen LogP contribution is -2.02. The first-order valence-corrected chi connectivity index (χ1v) is 8.01. The molecule has 4 aromatic rings. The van der Waals surface area contributed by atoms with Crippen molar-refractivity contribution in [3.8, 4) is 11.1 Å². The average molecular weight is 321 g/mol. The summed E-state index contributed by atoms with van der Waals surface area (Å²) in [5.41, 5.74) is 5.29. The Labute approximate surface area is 139 Å². The fourth-order valence-electron chi connectivity index (χ4n) is 3.26. The zero-order valence-electron chi connectivity index (χ0n) is 13.9. The Balaban J connectivity index is 1.92. The Morgan fingerprint density at radius 2 is 2.08 bits per heavy atom. The van der Waals surface area contributed by atoms with Gasteiger partial charge in [-0.15, -0.1) is 0 Å². The van der Waals surface area contributed by atoms with Gasteiger partial charge in [-0.3, -0.25) is 0 Å². The summed E-state index contributed by atoms with van der Waals surface area (Å²) in [6.45, 7) is 6.23. The number of H-pyrrole nitrogens is 1. The van der Waals surface area contributed by atoms with E-state index in [1.165, 1.54) is 0 Å². The van der Waals surface area contributed by atoms with E-state index in [2.05, 4.69) is 44.4 Å². The number of hydrogen-bond donors (Lipinski definition) is 2. The highest BCUT2D eigenvalue weighted by molar-refractivity contribution is 5.95. The molecule has 6 heteroatoms. The van der Waals surface area contributed by atoms with Crippen molar-refractivity contribution in [1.29, 1.82) is 0 Å². The summed E-state index contributed by atoms with van der Waals surface area (Å²) < 4.78 is 2.20. The summed E-state index contributed by atoms with van der Waals surface area (Å²) in [6, 6.07) is 6.28. The molecule has 24 heavy (non-hydrogen) atoms. The largest absolute Gasteiger partial charge is 0.390 e. The number of fused-ring (bicyclic) bond motifs is 2. The highest BCUT2D eigenvalue weighted by Crippen LogP contribution is 2.30. The second kappa shape index (κ2) is 5.42. The topological polar surface area (TPSA) is 79.6 Å². The minimum atomic E-state index is -0.0648. The van der Waals surface area contributed by atoms with Crippen LogP contribution in [-0.2, 0) is 6.61 Å². The summed E-state index contributed by atoms with van der Waals surface area (Å²) in [7, 11) is 0. The Bertz CT molecular complexity index is 1040. The molecule has 0 aliphatic rings. The first-order valence-electron chi connectivity index (χ1n) is 8.01. The van der Waals surface area contributed by atoms with E-state index in [0.29, 0.717) is 11.7 Å². The standard InChI is InChI=1S/C18H19N5O/c1-10(2)23-11(3)21-18-16(23)6-12(7-19-18)15-8-20-17-14(15)5-4-13(9-24)22-17/h4-8,10,24H,9H2,1-3H3,(H,20,22). The van der Waals surface area contributed by atoms with Gasteiger partial charge in [-0.05, 0) is 39.0 Å². The summed E-state index contributed by atoms with van der Waals surface area (Å²) in [6.07, 6.45) is 3.78. The molecule has 0 saturated carbocycles. The number of aliphatic hydroxyl groups excluding tert-OH is 1. The third-order valence-corrected chi connectivity index (χ3v) is 4.31. The van der Waals surface area contributed by atoms with Gasteiger partial charge in [0.1, 0.15) is 11.5 Å². The minimum Gasteiger partial charge on any atom is -0.390 e. The highest BCUT2D eigenvalue weighted by atomic mass is 16.3. The normalized spacial score (nSPS) is 11.9. The highest BCUT2D eigenvalue weighted by Gasteiger charge is 2.14. The van der Waals surface area contributed by atoms with Gasteiger partial charge in [0.2, 0.25) is 0 Å². The molecule has 122 valence electrons. The number of aliphatic hydroxyl groups is 1. The van der Waals surface area contributed by atoms with Crippen molar-refractivity contribution in [3.63, 3.8) is 0 Å². The van der Waals surface area contributed by atoms with Crippen LogP contribution in [0, 0.1) is 6.92 Å². The van der Waals surface area contributed by atoms with Crippen LogP contribution < -0.4 is 0 Å². The molecular weight excluding hydrogens is 302 g/mol. The number of nitrogens with one attached hydrogen (secondary N) is 1. The quantitative estimate of drug-likeness (QED) is 0.606. The van der Waals surface area contributed by atoms with Gasteiger partial charge in [0.15, 0.2) is 5.65 Å². The molecule has 0 radical (unpaired) electrons. The lowest BCUT2D eigenvalue weighted by atomic mass is 10.1. The third kappa shape index (κ3) is 2.18. The zero-order valence-corrected chi connectivity index (χ0v) is 13.9. The SMILES string of the molecule is Cc1nc2ncc(-c3c[nH]c4nc(CO)ccc34)cc2n1C(C)C. The maximum absolute atomic E-state index is 9.23. The molecule has 0 spiro atoms. The number of aromatic amines is 1. The van der Waals surface area contributed by atoms with Crippen molar-refractivity contribution >= 4 is 22.2 Å². The molecule has 0 aromatic carbocycles.